The van der Waals surface area contributed by atoms with Crippen molar-refractivity contribution in [1.82, 2.24) is 14.6 Å². The van der Waals surface area contributed by atoms with Crippen molar-refractivity contribution in [2.45, 2.75) is 51.2 Å². The van der Waals surface area contributed by atoms with Crippen LogP contribution in [-0.4, -0.2) is 37.6 Å². The van der Waals surface area contributed by atoms with Crippen LogP contribution in [-0.2, 0) is 16.6 Å². The van der Waals surface area contributed by atoms with Crippen LogP contribution in [0, 0.1) is 0 Å². The van der Waals surface area contributed by atoms with Gasteiger partial charge in [-0.2, -0.15) is 11.8 Å². The second-order valence-electron chi connectivity index (χ2n) is 5.59. The van der Waals surface area contributed by atoms with Gasteiger partial charge in [-0.1, -0.05) is 13.8 Å². The number of sulfonamides is 1. The topological polar surface area (TPSA) is 63.1 Å². The van der Waals surface area contributed by atoms with E-state index in [1.165, 1.54) is 0 Å². The molecule has 0 fully saturated rings. The fourth-order valence-corrected chi connectivity index (χ4v) is 3.45. The second kappa shape index (κ2) is 8.22. The molecule has 0 amide bonds. The fraction of sp³-hybridized carbons (Fsp3) is 0.714. The molecule has 0 radical (unpaired) electrons. The predicted octanol–water partition coefficient (Wildman–Crippen LogP) is 2.21. The summed E-state index contributed by atoms with van der Waals surface area (Å²) < 4.78 is 29.2. The first-order chi connectivity index (χ1) is 9.77. The Morgan fingerprint density at radius 2 is 1.95 bits per heavy atom. The molecule has 1 heterocycles. The molecule has 1 rings (SSSR count). The van der Waals surface area contributed by atoms with Gasteiger partial charge in [0, 0.05) is 42.8 Å². The van der Waals surface area contributed by atoms with Crippen LogP contribution in [0.25, 0.3) is 0 Å². The molecule has 1 aromatic rings. The molecule has 0 saturated carbocycles. The van der Waals surface area contributed by atoms with Gasteiger partial charge < -0.3 is 9.88 Å². The van der Waals surface area contributed by atoms with Crippen LogP contribution < -0.4 is 10.0 Å². The molecule has 122 valence electrons. The van der Waals surface area contributed by atoms with E-state index >= 15 is 0 Å². The monoisotopic (exact) mass is 333 g/mol. The van der Waals surface area contributed by atoms with Gasteiger partial charge in [0.15, 0.2) is 0 Å². The lowest BCUT2D eigenvalue weighted by molar-refractivity contribution is 0.525. The summed E-state index contributed by atoms with van der Waals surface area (Å²) >= 11 is 1.62. The standard InChI is InChI=1S/C14H27N3O2S2/c1-11(2)15-9-13-8-14(10-17(13)12(3)4)21(18,19)16-6-7-20-5/h8,10-12,15-16H,6-7,9H2,1-5H3. The van der Waals surface area contributed by atoms with E-state index in [9.17, 15) is 8.42 Å². The van der Waals surface area contributed by atoms with Crippen molar-refractivity contribution in [2.75, 3.05) is 18.6 Å². The molecule has 5 nitrogen and oxygen atoms in total. The van der Waals surface area contributed by atoms with Crippen LogP contribution >= 0.6 is 11.8 Å². The lowest BCUT2D eigenvalue weighted by Gasteiger charge is -2.14. The summed E-state index contributed by atoms with van der Waals surface area (Å²) in [5.74, 6) is 0.770. The molecule has 2 N–H and O–H groups in total. The van der Waals surface area contributed by atoms with Crippen LogP contribution in [0.4, 0.5) is 0 Å². The average Bonchev–Trinajstić information content (AvgIpc) is 2.81. The first kappa shape index (κ1) is 18.5. The number of hydrogen-bond acceptors (Lipinski definition) is 4. The first-order valence-corrected chi connectivity index (χ1v) is 10.1. The minimum absolute atomic E-state index is 0.226. The van der Waals surface area contributed by atoms with E-state index in [0.29, 0.717) is 24.0 Å². The van der Waals surface area contributed by atoms with Crippen molar-refractivity contribution < 1.29 is 8.42 Å². The van der Waals surface area contributed by atoms with Crippen molar-refractivity contribution >= 4 is 21.8 Å². The summed E-state index contributed by atoms with van der Waals surface area (Å²) in [6.07, 6.45) is 3.68. The molecule has 0 aliphatic rings. The van der Waals surface area contributed by atoms with E-state index in [0.717, 1.165) is 11.4 Å². The van der Waals surface area contributed by atoms with Crippen LogP contribution in [0.15, 0.2) is 17.2 Å². The Balaban J connectivity index is 2.95. The summed E-state index contributed by atoms with van der Waals surface area (Å²) in [6, 6.07) is 2.35. The minimum Gasteiger partial charge on any atom is -0.346 e. The Hall–Kier alpha value is -0.500. The van der Waals surface area contributed by atoms with E-state index in [4.69, 9.17) is 0 Å². The third-order valence-corrected chi connectivity index (χ3v) is 5.10. The maximum absolute atomic E-state index is 12.3. The van der Waals surface area contributed by atoms with Gasteiger partial charge in [0.1, 0.15) is 0 Å². The lowest BCUT2D eigenvalue weighted by atomic mass is 10.3. The summed E-state index contributed by atoms with van der Waals surface area (Å²) in [7, 11) is -3.42. The molecule has 0 aliphatic carbocycles. The Bertz CT molecular complexity index is 536. The molecular weight excluding hydrogens is 306 g/mol. The van der Waals surface area contributed by atoms with Gasteiger partial charge in [-0.05, 0) is 26.2 Å². The van der Waals surface area contributed by atoms with Crippen molar-refractivity contribution in [2.24, 2.45) is 0 Å². The Kier molecular flexibility index (Phi) is 7.26. The minimum atomic E-state index is -3.42. The number of aromatic nitrogens is 1. The first-order valence-electron chi connectivity index (χ1n) is 7.20. The van der Waals surface area contributed by atoms with Crippen molar-refractivity contribution in [3.63, 3.8) is 0 Å². The maximum Gasteiger partial charge on any atom is 0.242 e. The number of hydrogen-bond donors (Lipinski definition) is 2. The molecule has 7 heteroatoms. The van der Waals surface area contributed by atoms with Gasteiger partial charge in [-0.25, -0.2) is 13.1 Å². The zero-order valence-electron chi connectivity index (χ0n) is 13.5. The number of rotatable bonds is 9. The van der Waals surface area contributed by atoms with Crippen LogP contribution in [0.2, 0.25) is 0 Å². The summed E-state index contributed by atoms with van der Waals surface area (Å²) in [6.45, 7) is 9.37. The SMILES string of the molecule is CSCCNS(=O)(=O)c1cc(CNC(C)C)n(C(C)C)c1. The summed E-state index contributed by atoms with van der Waals surface area (Å²) in [5.41, 5.74) is 0.990. The van der Waals surface area contributed by atoms with E-state index in [1.54, 1.807) is 24.0 Å². The zero-order chi connectivity index (χ0) is 16.0. The molecule has 0 atom stereocenters. The van der Waals surface area contributed by atoms with Crippen molar-refractivity contribution in [3.8, 4) is 0 Å². The third kappa shape index (κ3) is 5.65. The van der Waals surface area contributed by atoms with Gasteiger partial charge in [-0.15, -0.1) is 0 Å². The van der Waals surface area contributed by atoms with Crippen LogP contribution in [0.5, 0.6) is 0 Å². The molecule has 0 unspecified atom stereocenters. The van der Waals surface area contributed by atoms with Gasteiger partial charge in [-0.3, -0.25) is 0 Å². The molecule has 0 aromatic carbocycles. The quantitative estimate of drug-likeness (QED) is 0.680. The van der Waals surface area contributed by atoms with Gasteiger partial charge in [0.05, 0.1) is 4.90 Å². The second-order valence-corrected chi connectivity index (χ2v) is 8.35. The molecule has 0 aliphatic heterocycles. The van der Waals surface area contributed by atoms with E-state index in [1.807, 2.05) is 10.8 Å². The Morgan fingerprint density at radius 3 is 2.48 bits per heavy atom. The molecule has 0 saturated heterocycles. The number of thioether (sulfide) groups is 1. The fourth-order valence-electron chi connectivity index (χ4n) is 1.94. The molecule has 1 aromatic heterocycles. The smallest absolute Gasteiger partial charge is 0.242 e. The van der Waals surface area contributed by atoms with E-state index < -0.39 is 10.0 Å². The lowest BCUT2D eigenvalue weighted by Crippen LogP contribution is -2.25. The van der Waals surface area contributed by atoms with Crippen molar-refractivity contribution in [3.05, 3.63) is 18.0 Å². The van der Waals surface area contributed by atoms with E-state index in [2.05, 4.69) is 37.7 Å². The highest BCUT2D eigenvalue weighted by molar-refractivity contribution is 7.98. The van der Waals surface area contributed by atoms with Gasteiger partial charge in [0.25, 0.3) is 0 Å². The molecular formula is C14H27N3O2S2. The van der Waals surface area contributed by atoms with Crippen LogP contribution in [0.1, 0.15) is 39.4 Å². The maximum atomic E-state index is 12.3. The molecule has 0 bridgehead atoms. The summed E-state index contributed by atoms with van der Waals surface area (Å²) in [5, 5.41) is 3.33. The Labute approximate surface area is 132 Å². The largest absolute Gasteiger partial charge is 0.346 e. The highest BCUT2D eigenvalue weighted by atomic mass is 32.2. The highest BCUT2D eigenvalue weighted by Gasteiger charge is 2.19. The molecule has 21 heavy (non-hydrogen) atoms. The number of nitrogens with zero attached hydrogens (tertiary/aromatic N) is 1. The average molecular weight is 334 g/mol. The predicted molar refractivity (Wildman–Crippen MR) is 90.4 cm³/mol. The van der Waals surface area contributed by atoms with Gasteiger partial charge in [0.2, 0.25) is 10.0 Å². The Morgan fingerprint density at radius 1 is 1.29 bits per heavy atom. The van der Waals surface area contributed by atoms with Crippen LogP contribution in [0.3, 0.4) is 0 Å². The summed E-state index contributed by atoms with van der Waals surface area (Å²) in [4.78, 5) is 0.345. The highest BCUT2D eigenvalue weighted by Crippen LogP contribution is 2.19. The zero-order valence-corrected chi connectivity index (χ0v) is 15.1. The van der Waals surface area contributed by atoms with Crippen molar-refractivity contribution in [1.29, 1.82) is 0 Å². The number of nitrogens with one attached hydrogen (secondary N) is 2. The molecule has 0 spiro atoms. The van der Waals surface area contributed by atoms with E-state index in [-0.39, 0.29) is 6.04 Å². The normalized spacial score (nSPS) is 12.5. The van der Waals surface area contributed by atoms with Gasteiger partial charge >= 0.3 is 0 Å². The third-order valence-electron chi connectivity index (χ3n) is 3.06.